The van der Waals surface area contributed by atoms with E-state index in [0.29, 0.717) is 23.2 Å². The van der Waals surface area contributed by atoms with Crippen LogP contribution in [0.3, 0.4) is 0 Å². The van der Waals surface area contributed by atoms with Gasteiger partial charge in [-0.1, -0.05) is 6.07 Å². The Labute approximate surface area is 170 Å². The van der Waals surface area contributed by atoms with Gasteiger partial charge in [0.2, 0.25) is 5.78 Å². The van der Waals surface area contributed by atoms with Crippen LogP contribution in [0.4, 0.5) is 0 Å². The van der Waals surface area contributed by atoms with Crippen molar-refractivity contribution < 1.29 is 14.3 Å². The number of rotatable bonds is 6. The predicted molar refractivity (Wildman–Crippen MR) is 110 cm³/mol. The van der Waals surface area contributed by atoms with Crippen LogP contribution in [0.15, 0.2) is 10.9 Å². The Morgan fingerprint density at radius 1 is 1.03 bits per heavy atom. The van der Waals surface area contributed by atoms with E-state index >= 15 is 0 Å². The number of benzene rings is 1. The van der Waals surface area contributed by atoms with Gasteiger partial charge in [0.05, 0.1) is 0 Å². The number of hydrogen-bond acceptors (Lipinski definition) is 5. The molecular formula is C23H26N2O4. The fourth-order valence-electron chi connectivity index (χ4n) is 3.65. The predicted octanol–water partition coefficient (Wildman–Crippen LogP) is 3.46. The number of aromatic amines is 1. The summed E-state index contributed by atoms with van der Waals surface area (Å²) < 4.78 is 5.19. The van der Waals surface area contributed by atoms with Gasteiger partial charge in [-0.15, -0.1) is 0 Å². The number of nitrogens with one attached hydrogen (secondary N) is 1. The van der Waals surface area contributed by atoms with Crippen molar-refractivity contribution in [3.8, 4) is 6.07 Å². The maximum Gasteiger partial charge on any atom is 0.306 e. The summed E-state index contributed by atoms with van der Waals surface area (Å²) in [6.07, 6.45) is 0.370. The van der Waals surface area contributed by atoms with Gasteiger partial charge in [-0.2, -0.15) is 5.26 Å². The number of hydrogen-bond donors (Lipinski definition) is 1. The molecule has 2 aromatic rings. The summed E-state index contributed by atoms with van der Waals surface area (Å²) >= 11 is 0. The smallest absolute Gasteiger partial charge is 0.306 e. The number of H-pyrrole nitrogens is 1. The van der Waals surface area contributed by atoms with E-state index in [9.17, 15) is 14.4 Å². The average Bonchev–Trinajstić information content (AvgIpc) is 2.64. The van der Waals surface area contributed by atoms with Crippen molar-refractivity contribution in [3.63, 3.8) is 0 Å². The van der Waals surface area contributed by atoms with E-state index < -0.39 is 11.5 Å². The van der Waals surface area contributed by atoms with Crippen LogP contribution in [0, 0.1) is 52.9 Å². The van der Waals surface area contributed by atoms with Crippen molar-refractivity contribution in [1.82, 2.24) is 4.98 Å². The zero-order valence-corrected chi connectivity index (χ0v) is 17.8. The largest absolute Gasteiger partial charge is 0.457 e. The number of aryl methyl sites for hydroxylation is 3. The van der Waals surface area contributed by atoms with Gasteiger partial charge in [-0.05, 0) is 81.3 Å². The monoisotopic (exact) mass is 394 g/mol. The Morgan fingerprint density at radius 2 is 1.69 bits per heavy atom. The molecule has 0 unspecified atom stereocenters. The highest BCUT2D eigenvalue weighted by Crippen LogP contribution is 2.22. The lowest BCUT2D eigenvalue weighted by Gasteiger charge is -2.14. The zero-order chi connectivity index (χ0) is 21.9. The summed E-state index contributed by atoms with van der Waals surface area (Å²) in [5.74, 6) is -0.722. The lowest BCUT2D eigenvalue weighted by molar-refractivity contribution is -0.142. The molecule has 6 heteroatoms. The van der Waals surface area contributed by atoms with Crippen LogP contribution in [0.2, 0.25) is 0 Å². The highest BCUT2D eigenvalue weighted by molar-refractivity contribution is 6.00. The highest BCUT2D eigenvalue weighted by Gasteiger charge is 2.18. The van der Waals surface area contributed by atoms with E-state index in [4.69, 9.17) is 10.00 Å². The van der Waals surface area contributed by atoms with Crippen LogP contribution in [-0.2, 0) is 16.0 Å². The van der Waals surface area contributed by atoms with Gasteiger partial charge >= 0.3 is 5.97 Å². The van der Waals surface area contributed by atoms with Gasteiger partial charge < -0.3 is 9.72 Å². The molecule has 0 aliphatic heterocycles. The number of nitrogens with zero attached hydrogens (tertiary/aromatic N) is 1. The van der Waals surface area contributed by atoms with Crippen LogP contribution in [-0.4, -0.2) is 23.3 Å². The normalized spacial score (nSPS) is 10.5. The highest BCUT2D eigenvalue weighted by atomic mass is 16.5. The summed E-state index contributed by atoms with van der Waals surface area (Å²) in [4.78, 5) is 39.2. The van der Waals surface area contributed by atoms with Gasteiger partial charge in [-0.3, -0.25) is 14.4 Å². The van der Waals surface area contributed by atoms with Gasteiger partial charge in [0.1, 0.15) is 11.6 Å². The average molecular weight is 394 g/mol. The van der Waals surface area contributed by atoms with Crippen molar-refractivity contribution >= 4 is 11.8 Å². The molecule has 1 heterocycles. The minimum Gasteiger partial charge on any atom is -0.457 e. The molecule has 0 aliphatic rings. The molecule has 2 rings (SSSR count). The van der Waals surface area contributed by atoms with Crippen molar-refractivity contribution in [3.05, 3.63) is 66.6 Å². The molecule has 0 saturated carbocycles. The molecule has 0 radical (unpaired) electrons. The summed E-state index contributed by atoms with van der Waals surface area (Å²) in [6.45, 7) is 10.9. The Morgan fingerprint density at radius 3 is 2.31 bits per heavy atom. The Bertz CT molecular complexity index is 1090. The number of carbonyl (C=O) groups is 2. The molecule has 1 aromatic carbocycles. The van der Waals surface area contributed by atoms with Crippen LogP contribution in [0.25, 0.3) is 0 Å². The first-order valence-corrected chi connectivity index (χ1v) is 9.47. The van der Waals surface area contributed by atoms with Crippen LogP contribution < -0.4 is 5.56 Å². The summed E-state index contributed by atoms with van der Waals surface area (Å²) in [5, 5.41) is 9.13. The van der Waals surface area contributed by atoms with E-state index in [1.165, 1.54) is 0 Å². The van der Waals surface area contributed by atoms with Gasteiger partial charge in [0, 0.05) is 17.7 Å². The van der Waals surface area contributed by atoms with Crippen LogP contribution >= 0.6 is 0 Å². The molecule has 0 saturated heterocycles. The Kier molecular flexibility index (Phi) is 6.76. The van der Waals surface area contributed by atoms with Crippen molar-refractivity contribution in [2.75, 3.05) is 6.61 Å². The number of nitriles is 1. The minimum absolute atomic E-state index is 0.0508. The standard InChI is InChI=1S/C23H26N2O4/c1-12-9-13(2)22(15(4)14(12)3)20(26)11-29-21(27)8-7-18-16(5)19(10-24)23(28)25-17(18)6/h9H,7-8,11H2,1-6H3,(H,25,28). The molecular weight excluding hydrogens is 368 g/mol. The number of pyridine rings is 1. The third kappa shape index (κ3) is 4.62. The molecule has 152 valence electrons. The minimum atomic E-state index is -0.499. The Hall–Kier alpha value is -3.20. The summed E-state index contributed by atoms with van der Waals surface area (Å²) in [5.41, 5.74) is 6.11. The SMILES string of the molecule is Cc1cc(C)c(C(=O)COC(=O)CCc2c(C)[nH]c(=O)c(C#N)c2C)c(C)c1C. The summed E-state index contributed by atoms with van der Waals surface area (Å²) in [6, 6.07) is 3.86. The molecule has 0 amide bonds. The topological polar surface area (TPSA) is 100 Å². The Balaban J connectivity index is 2.06. The lowest BCUT2D eigenvalue weighted by atomic mass is 9.92. The number of aromatic nitrogens is 1. The third-order valence-corrected chi connectivity index (χ3v) is 5.50. The molecule has 1 N–H and O–H groups in total. The zero-order valence-electron chi connectivity index (χ0n) is 17.8. The lowest BCUT2D eigenvalue weighted by Crippen LogP contribution is -2.19. The summed E-state index contributed by atoms with van der Waals surface area (Å²) in [7, 11) is 0. The number of esters is 1. The van der Waals surface area contributed by atoms with E-state index in [1.807, 2.05) is 39.8 Å². The first kappa shape index (κ1) is 22.1. The second kappa shape index (κ2) is 8.87. The van der Waals surface area contributed by atoms with Gasteiger partial charge in [0.15, 0.2) is 6.61 Å². The van der Waals surface area contributed by atoms with Gasteiger partial charge in [0.25, 0.3) is 5.56 Å². The molecule has 6 nitrogen and oxygen atoms in total. The maximum atomic E-state index is 12.6. The van der Waals surface area contributed by atoms with E-state index in [1.54, 1.807) is 13.8 Å². The van der Waals surface area contributed by atoms with Crippen LogP contribution in [0.5, 0.6) is 0 Å². The fraction of sp³-hybridized carbons (Fsp3) is 0.391. The second-order valence-corrected chi connectivity index (χ2v) is 7.39. The van der Waals surface area contributed by atoms with E-state index in [0.717, 1.165) is 27.8 Å². The van der Waals surface area contributed by atoms with Gasteiger partial charge in [-0.25, -0.2) is 0 Å². The molecule has 29 heavy (non-hydrogen) atoms. The molecule has 0 fully saturated rings. The number of Topliss-reactive ketones (excluding diaryl/α,β-unsaturated/α-hetero) is 1. The van der Waals surface area contributed by atoms with Crippen molar-refractivity contribution in [1.29, 1.82) is 5.26 Å². The van der Waals surface area contributed by atoms with Crippen LogP contribution in [0.1, 0.15) is 61.4 Å². The first-order chi connectivity index (χ1) is 13.6. The number of ether oxygens (including phenoxy) is 1. The molecule has 0 spiro atoms. The third-order valence-electron chi connectivity index (χ3n) is 5.50. The maximum absolute atomic E-state index is 12.6. The van der Waals surface area contributed by atoms with E-state index in [2.05, 4.69) is 4.98 Å². The quantitative estimate of drug-likeness (QED) is 0.597. The molecule has 0 bridgehead atoms. The van der Waals surface area contributed by atoms with Crippen molar-refractivity contribution in [2.45, 2.75) is 54.4 Å². The molecule has 0 aliphatic carbocycles. The fourth-order valence-corrected chi connectivity index (χ4v) is 3.65. The molecule has 0 atom stereocenters. The number of ketones is 1. The second-order valence-electron chi connectivity index (χ2n) is 7.39. The number of carbonyl (C=O) groups excluding carboxylic acids is 2. The van der Waals surface area contributed by atoms with E-state index in [-0.39, 0.29) is 24.4 Å². The molecule has 1 aromatic heterocycles. The van der Waals surface area contributed by atoms with Crippen molar-refractivity contribution in [2.24, 2.45) is 0 Å². The first-order valence-electron chi connectivity index (χ1n) is 9.47.